The number of anilines is 2. The molecule has 3 nitrogen and oxygen atoms in total. The number of pyridine rings is 1. The molecule has 2 heterocycles. The Labute approximate surface area is 124 Å². The maximum absolute atomic E-state index is 5.85. The summed E-state index contributed by atoms with van der Waals surface area (Å²) in [6.07, 6.45) is 1.84. The average Bonchev–Trinajstić information content (AvgIpc) is 2.56. The van der Waals surface area contributed by atoms with Gasteiger partial charge in [-0.15, -0.1) is 11.6 Å². The van der Waals surface area contributed by atoms with Crippen LogP contribution in [-0.2, 0) is 5.88 Å². The quantitative estimate of drug-likeness (QED) is 0.809. The van der Waals surface area contributed by atoms with E-state index in [9.17, 15) is 0 Å². The zero-order chi connectivity index (χ0) is 13.8. The lowest BCUT2D eigenvalue weighted by atomic mass is 10.2. The topological polar surface area (TPSA) is 19.4 Å². The number of nitrogens with zero attached hydrogens (tertiary/aromatic N) is 3. The van der Waals surface area contributed by atoms with E-state index < -0.39 is 0 Å². The van der Waals surface area contributed by atoms with Gasteiger partial charge in [-0.05, 0) is 24.3 Å². The van der Waals surface area contributed by atoms with Crippen LogP contribution in [0.25, 0.3) is 0 Å². The molecular weight excluding hydrogens is 270 g/mol. The summed E-state index contributed by atoms with van der Waals surface area (Å²) in [6, 6.07) is 14.7. The fraction of sp³-hybridized carbons (Fsp3) is 0.312. The third kappa shape index (κ3) is 2.88. The van der Waals surface area contributed by atoms with Gasteiger partial charge in [0.2, 0.25) is 0 Å². The lowest BCUT2D eigenvalue weighted by Gasteiger charge is -2.37. The van der Waals surface area contributed by atoms with E-state index in [-0.39, 0.29) is 0 Å². The van der Waals surface area contributed by atoms with E-state index in [1.54, 1.807) is 0 Å². The molecule has 0 N–H and O–H groups in total. The van der Waals surface area contributed by atoms with Crippen LogP contribution in [0.3, 0.4) is 0 Å². The minimum atomic E-state index is 0.470. The molecule has 0 unspecified atom stereocenters. The number of hydrogen-bond acceptors (Lipinski definition) is 3. The molecule has 104 valence electrons. The maximum atomic E-state index is 5.85. The van der Waals surface area contributed by atoms with Gasteiger partial charge in [0.1, 0.15) is 0 Å². The van der Waals surface area contributed by atoms with Crippen LogP contribution in [0, 0.1) is 0 Å². The van der Waals surface area contributed by atoms with E-state index in [0.29, 0.717) is 5.88 Å². The summed E-state index contributed by atoms with van der Waals surface area (Å²) >= 11 is 5.85. The minimum absolute atomic E-state index is 0.470. The average molecular weight is 288 g/mol. The van der Waals surface area contributed by atoms with Crippen LogP contribution >= 0.6 is 11.6 Å². The molecule has 0 saturated carbocycles. The summed E-state index contributed by atoms with van der Waals surface area (Å²) in [4.78, 5) is 9.08. The number of halogens is 1. The van der Waals surface area contributed by atoms with Crippen LogP contribution in [0.4, 0.5) is 11.4 Å². The first kappa shape index (κ1) is 13.3. The van der Waals surface area contributed by atoms with E-state index in [1.165, 1.54) is 11.4 Å². The van der Waals surface area contributed by atoms with Gasteiger partial charge >= 0.3 is 0 Å². The van der Waals surface area contributed by atoms with Crippen LogP contribution in [0.1, 0.15) is 5.69 Å². The van der Waals surface area contributed by atoms with Gasteiger partial charge in [-0.25, -0.2) is 0 Å². The van der Waals surface area contributed by atoms with Crippen molar-refractivity contribution >= 4 is 23.0 Å². The molecule has 0 radical (unpaired) electrons. The van der Waals surface area contributed by atoms with Crippen LogP contribution < -0.4 is 9.80 Å². The Morgan fingerprint density at radius 3 is 2.20 bits per heavy atom. The highest BCUT2D eigenvalue weighted by Gasteiger charge is 2.17. The van der Waals surface area contributed by atoms with E-state index in [2.05, 4.69) is 57.2 Å². The Morgan fingerprint density at radius 2 is 1.55 bits per heavy atom. The molecule has 4 heteroatoms. The summed E-state index contributed by atoms with van der Waals surface area (Å²) in [5.74, 6) is 0.470. The molecule has 0 aliphatic carbocycles. The van der Waals surface area contributed by atoms with E-state index in [0.717, 1.165) is 31.9 Å². The Kier molecular flexibility index (Phi) is 4.07. The Balaban J connectivity index is 1.66. The number of hydrogen-bond donors (Lipinski definition) is 0. The maximum Gasteiger partial charge on any atom is 0.0648 e. The molecule has 0 spiro atoms. The standard InChI is InChI=1S/C16H18ClN3/c17-13-14-12-16(6-7-18-14)20-10-8-19(9-11-20)15-4-2-1-3-5-15/h1-7,12H,8-11,13H2. The van der Waals surface area contributed by atoms with Crippen molar-refractivity contribution in [3.05, 3.63) is 54.4 Å². The zero-order valence-electron chi connectivity index (χ0n) is 11.4. The van der Waals surface area contributed by atoms with E-state index >= 15 is 0 Å². The predicted octanol–water partition coefficient (Wildman–Crippen LogP) is 3.15. The first-order chi connectivity index (χ1) is 9.86. The third-order valence-corrected chi connectivity index (χ3v) is 3.98. The molecule has 1 aliphatic heterocycles. The second-order valence-corrected chi connectivity index (χ2v) is 5.22. The van der Waals surface area contributed by atoms with Crippen molar-refractivity contribution in [3.63, 3.8) is 0 Å². The summed E-state index contributed by atoms with van der Waals surface area (Å²) in [5, 5.41) is 0. The monoisotopic (exact) mass is 287 g/mol. The third-order valence-electron chi connectivity index (χ3n) is 3.70. The van der Waals surface area contributed by atoms with Gasteiger partial charge in [0.05, 0.1) is 11.6 Å². The molecule has 0 amide bonds. The highest BCUT2D eigenvalue weighted by Crippen LogP contribution is 2.20. The van der Waals surface area contributed by atoms with Crippen molar-refractivity contribution < 1.29 is 0 Å². The minimum Gasteiger partial charge on any atom is -0.368 e. The number of benzene rings is 1. The van der Waals surface area contributed by atoms with Crippen LogP contribution in [-0.4, -0.2) is 31.2 Å². The molecule has 3 rings (SSSR count). The fourth-order valence-corrected chi connectivity index (χ4v) is 2.74. The lowest BCUT2D eigenvalue weighted by molar-refractivity contribution is 0.653. The molecule has 0 bridgehead atoms. The molecule has 1 fully saturated rings. The number of rotatable bonds is 3. The summed E-state index contributed by atoms with van der Waals surface area (Å²) < 4.78 is 0. The van der Waals surface area contributed by atoms with E-state index in [1.807, 2.05) is 6.20 Å². The van der Waals surface area contributed by atoms with Gasteiger partial charge in [-0.3, -0.25) is 4.98 Å². The second-order valence-electron chi connectivity index (χ2n) is 4.95. The van der Waals surface area contributed by atoms with Crippen molar-refractivity contribution in [1.82, 2.24) is 4.98 Å². The van der Waals surface area contributed by atoms with Crippen molar-refractivity contribution in [3.8, 4) is 0 Å². The normalized spacial score (nSPS) is 15.4. The van der Waals surface area contributed by atoms with Crippen molar-refractivity contribution in [1.29, 1.82) is 0 Å². The van der Waals surface area contributed by atoms with Gasteiger partial charge in [-0.1, -0.05) is 18.2 Å². The predicted molar refractivity (Wildman–Crippen MR) is 84.7 cm³/mol. The molecular formula is C16H18ClN3. The van der Waals surface area contributed by atoms with Crippen LogP contribution in [0.5, 0.6) is 0 Å². The van der Waals surface area contributed by atoms with Gasteiger partial charge in [0.15, 0.2) is 0 Å². The SMILES string of the molecule is ClCc1cc(N2CCN(c3ccccc3)CC2)ccn1. The number of piperazine rings is 1. The molecule has 1 saturated heterocycles. The highest BCUT2D eigenvalue weighted by molar-refractivity contribution is 6.16. The summed E-state index contributed by atoms with van der Waals surface area (Å²) in [6.45, 7) is 4.15. The second kappa shape index (κ2) is 6.14. The lowest BCUT2D eigenvalue weighted by Crippen LogP contribution is -2.46. The Hall–Kier alpha value is -1.74. The number of aromatic nitrogens is 1. The Morgan fingerprint density at radius 1 is 0.900 bits per heavy atom. The molecule has 1 aromatic carbocycles. The molecule has 1 aliphatic rings. The van der Waals surface area contributed by atoms with Gasteiger partial charge in [0, 0.05) is 43.8 Å². The number of para-hydroxylation sites is 1. The molecule has 0 atom stereocenters. The molecule has 20 heavy (non-hydrogen) atoms. The van der Waals surface area contributed by atoms with Crippen molar-refractivity contribution in [2.75, 3.05) is 36.0 Å². The first-order valence-electron chi connectivity index (χ1n) is 6.92. The summed E-state index contributed by atoms with van der Waals surface area (Å²) in [5.41, 5.74) is 3.47. The Bertz CT molecular complexity index is 551. The number of alkyl halides is 1. The fourth-order valence-electron chi connectivity index (χ4n) is 2.60. The first-order valence-corrected chi connectivity index (χ1v) is 7.46. The summed E-state index contributed by atoms with van der Waals surface area (Å²) in [7, 11) is 0. The van der Waals surface area contributed by atoms with Crippen LogP contribution in [0.15, 0.2) is 48.7 Å². The highest BCUT2D eigenvalue weighted by atomic mass is 35.5. The van der Waals surface area contributed by atoms with E-state index in [4.69, 9.17) is 11.6 Å². The smallest absolute Gasteiger partial charge is 0.0648 e. The van der Waals surface area contributed by atoms with Gasteiger partial charge in [-0.2, -0.15) is 0 Å². The largest absolute Gasteiger partial charge is 0.368 e. The molecule has 1 aromatic heterocycles. The van der Waals surface area contributed by atoms with Gasteiger partial charge < -0.3 is 9.80 Å². The van der Waals surface area contributed by atoms with Crippen molar-refractivity contribution in [2.45, 2.75) is 5.88 Å². The van der Waals surface area contributed by atoms with Crippen molar-refractivity contribution in [2.24, 2.45) is 0 Å². The zero-order valence-corrected chi connectivity index (χ0v) is 12.1. The van der Waals surface area contributed by atoms with Gasteiger partial charge in [0.25, 0.3) is 0 Å². The molecule has 2 aromatic rings. The van der Waals surface area contributed by atoms with Crippen LogP contribution in [0.2, 0.25) is 0 Å².